The highest BCUT2D eigenvalue weighted by Crippen LogP contribution is 2.22. The predicted octanol–water partition coefficient (Wildman–Crippen LogP) is 1.97. The lowest BCUT2D eigenvalue weighted by molar-refractivity contribution is 0.226. The van der Waals surface area contributed by atoms with Gasteiger partial charge in [0, 0.05) is 6.10 Å². The molecular formula is C8H21NOSi. The molecule has 2 N–H and O–H groups in total. The lowest BCUT2D eigenvalue weighted by Gasteiger charge is -2.30. The predicted molar refractivity (Wildman–Crippen MR) is 52.2 cm³/mol. The van der Waals surface area contributed by atoms with Crippen LogP contribution >= 0.6 is 0 Å². The first-order valence-electron chi connectivity index (χ1n) is 4.28. The van der Waals surface area contributed by atoms with Crippen LogP contribution in [0.1, 0.15) is 20.8 Å². The molecule has 0 heterocycles. The Hall–Kier alpha value is 0.137. The van der Waals surface area contributed by atoms with Crippen LogP contribution in [0.15, 0.2) is 0 Å². The molecule has 0 aliphatic rings. The molecule has 0 aliphatic carbocycles. The third kappa shape index (κ3) is 3.89. The number of rotatable bonds is 4. The molecule has 0 aromatic heterocycles. The standard InChI is InChI=1S/C8H21NOSi/c1-7(2)10-11(4,5)8(3)6-9/h7-8H,6,9H2,1-5H3. The molecule has 0 aromatic carbocycles. The molecule has 0 saturated heterocycles. The summed E-state index contributed by atoms with van der Waals surface area (Å²) in [5, 5.41) is 0. The van der Waals surface area contributed by atoms with E-state index in [1.54, 1.807) is 0 Å². The van der Waals surface area contributed by atoms with E-state index >= 15 is 0 Å². The van der Waals surface area contributed by atoms with Gasteiger partial charge in [0.25, 0.3) is 0 Å². The van der Waals surface area contributed by atoms with Crippen LogP contribution in [-0.2, 0) is 4.43 Å². The molecule has 0 bridgehead atoms. The Morgan fingerprint density at radius 3 is 2.00 bits per heavy atom. The SMILES string of the molecule is CC(C)O[Si](C)(C)C(C)CN. The summed E-state index contributed by atoms with van der Waals surface area (Å²) < 4.78 is 5.85. The highest BCUT2D eigenvalue weighted by molar-refractivity contribution is 6.72. The third-order valence-corrected chi connectivity index (χ3v) is 5.77. The van der Waals surface area contributed by atoms with Crippen LogP contribution in [0.2, 0.25) is 18.6 Å². The van der Waals surface area contributed by atoms with Crippen LogP contribution in [0.3, 0.4) is 0 Å². The van der Waals surface area contributed by atoms with E-state index in [4.69, 9.17) is 10.2 Å². The van der Waals surface area contributed by atoms with Crippen LogP contribution < -0.4 is 5.73 Å². The molecule has 1 atom stereocenters. The first kappa shape index (κ1) is 11.1. The average Bonchev–Trinajstić information content (AvgIpc) is 1.83. The van der Waals surface area contributed by atoms with Gasteiger partial charge in [-0.2, -0.15) is 0 Å². The fraction of sp³-hybridized carbons (Fsp3) is 1.00. The molecule has 0 fully saturated rings. The highest BCUT2D eigenvalue weighted by atomic mass is 28.4. The van der Waals surface area contributed by atoms with Gasteiger partial charge in [0.15, 0.2) is 8.32 Å². The van der Waals surface area contributed by atoms with Crippen molar-refractivity contribution >= 4 is 8.32 Å². The quantitative estimate of drug-likeness (QED) is 0.663. The van der Waals surface area contributed by atoms with Crippen molar-refractivity contribution in [3.05, 3.63) is 0 Å². The zero-order valence-electron chi connectivity index (χ0n) is 8.35. The molecule has 0 aromatic rings. The third-order valence-electron chi connectivity index (χ3n) is 2.08. The van der Waals surface area contributed by atoms with Crippen molar-refractivity contribution in [3.63, 3.8) is 0 Å². The van der Waals surface area contributed by atoms with Crippen LogP contribution in [0, 0.1) is 0 Å². The molecule has 2 nitrogen and oxygen atoms in total. The average molecular weight is 175 g/mol. The monoisotopic (exact) mass is 175 g/mol. The van der Waals surface area contributed by atoms with Gasteiger partial charge in [-0.25, -0.2) is 0 Å². The minimum absolute atomic E-state index is 0.339. The Kier molecular flexibility index (Phi) is 4.29. The summed E-state index contributed by atoms with van der Waals surface area (Å²) in [5.41, 5.74) is 6.13. The van der Waals surface area contributed by atoms with Crippen molar-refractivity contribution in [1.29, 1.82) is 0 Å². The summed E-state index contributed by atoms with van der Waals surface area (Å²) in [5.74, 6) is 0. The molecule has 0 spiro atoms. The maximum atomic E-state index is 5.85. The molecule has 11 heavy (non-hydrogen) atoms. The Morgan fingerprint density at radius 1 is 1.27 bits per heavy atom. The summed E-state index contributed by atoms with van der Waals surface area (Å²) in [7, 11) is -1.49. The number of nitrogens with two attached hydrogens (primary N) is 1. The van der Waals surface area contributed by atoms with Crippen LogP contribution in [0.4, 0.5) is 0 Å². The van der Waals surface area contributed by atoms with E-state index in [0.29, 0.717) is 11.6 Å². The van der Waals surface area contributed by atoms with Gasteiger partial charge in [0.1, 0.15) is 0 Å². The lowest BCUT2D eigenvalue weighted by Crippen LogP contribution is -2.40. The zero-order valence-corrected chi connectivity index (χ0v) is 9.35. The molecule has 3 heteroatoms. The molecule has 0 rings (SSSR count). The van der Waals surface area contributed by atoms with E-state index in [-0.39, 0.29) is 0 Å². The van der Waals surface area contributed by atoms with Gasteiger partial charge in [-0.15, -0.1) is 0 Å². The van der Waals surface area contributed by atoms with Crippen LogP contribution in [0.25, 0.3) is 0 Å². The summed E-state index contributed by atoms with van der Waals surface area (Å²) in [6.45, 7) is 11.5. The van der Waals surface area contributed by atoms with E-state index in [9.17, 15) is 0 Å². The first-order chi connectivity index (χ1) is 4.90. The molecule has 0 amide bonds. The van der Waals surface area contributed by atoms with E-state index < -0.39 is 8.32 Å². The maximum absolute atomic E-state index is 5.85. The maximum Gasteiger partial charge on any atom is 0.191 e. The van der Waals surface area contributed by atoms with Crippen LogP contribution in [-0.4, -0.2) is 21.0 Å². The van der Waals surface area contributed by atoms with E-state index in [0.717, 1.165) is 6.54 Å². The molecule has 68 valence electrons. The molecule has 0 radical (unpaired) electrons. The van der Waals surface area contributed by atoms with Crippen molar-refractivity contribution in [2.75, 3.05) is 6.54 Å². The van der Waals surface area contributed by atoms with E-state index in [2.05, 4.69) is 33.9 Å². The second kappa shape index (κ2) is 4.23. The van der Waals surface area contributed by atoms with Crippen molar-refractivity contribution in [2.24, 2.45) is 5.73 Å². The van der Waals surface area contributed by atoms with Crippen molar-refractivity contribution in [1.82, 2.24) is 0 Å². The molecular weight excluding hydrogens is 154 g/mol. The van der Waals surface area contributed by atoms with Crippen LogP contribution in [0.5, 0.6) is 0 Å². The summed E-state index contributed by atoms with van der Waals surface area (Å²) in [6, 6.07) is 0. The summed E-state index contributed by atoms with van der Waals surface area (Å²) >= 11 is 0. The van der Waals surface area contributed by atoms with Gasteiger partial charge < -0.3 is 10.2 Å². The van der Waals surface area contributed by atoms with Crippen molar-refractivity contribution < 1.29 is 4.43 Å². The van der Waals surface area contributed by atoms with E-state index in [1.807, 2.05) is 0 Å². The normalized spacial score (nSPS) is 15.5. The smallest absolute Gasteiger partial charge is 0.191 e. The van der Waals surface area contributed by atoms with Crippen molar-refractivity contribution in [3.8, 4) is 0 Å². The van der Waals surface area contributed by atoms with E-state index in [1.165, 1.54) is 0 Å². The van der Waals surface area contributed by atoms with Gasteiger partial charge >= 0.3 is 0 Å². The lowest BCUT2D eigenvalue weighted by atomic mass is 10.5. The van der Waals surface area contributed by atoms with Gasteiger partial charge in [0.2, 0.25) is 0 Å². The minimum Gasteiger partial charge on any atom is -0.415 e. The van der Waals surface area contributed by atoms with Crippen molar-refractivity contribution in [2.45, 2.75) is 45.5 Å². The topological polar surface area (TPSA) is 35.2 Å². The highest BCUT2D eigenvalue weighted by Gasteiger charge is 2.29. The summed E-state index contributed by atoms with van der Waals surface area (Å²) in [6.07, 6.45) is 0.339. The Morgan fingerprint density at radius 2 is 1.73 bits per heavy atom. The minimum atomic E-state index is -1.49. The molecule has 0 aliphatic heterocycles. The largest absolute Gasteiger partial charge is 0.415 e. The Balaban J connectivity index is 3.98. The zero-order chi connectivity index (χ0) is 9.07. The van der Waals surface area contributed by atoms with Gasteiger partial charge in [-0.3, -0.25) is 0 Å². The fourth-order valence-electron chi connectivity index (χ4n) is 1.01. The fourth-order valence-corrected chi connectivity index (χ4v) is 3.02. The number of hydrogen-bond donors (Lipinski definition) is 1. The Labute approximate surface area is 71.3 Å². The number of hydrogen-bond acceptors (Lipinski definition) is 2. The van der Waals surface area contributed by atoms with Gasteiger partial charge in [-0.05, 0) is 39.0 Å². The second-order valence-corrected chi connectivity index (χ2v) is 8.34. The summed E-state index contributed by atoms with van der Waals surface area (Å²) in [4.78, 5) is 0. The first-order valence-corrected chi connectivity index (χ1v) is 7.26. The Bertz CT molecular complexity index is 115. The second-order valence-electron chi connectivity index (χ2n) is 3.91. The van der Waals surface area contributed by atoms with Gasteiger partial charge in [-0.1, -0.05) is 6.92 Å². The molecule has 1 unspecified atom stereocenters. The van der Waals surface area contributed by atoms with Gasteiger partial charge in [0.05, 0.1) is 0 Å². The molecule has 0 saturated carbocycles.